The minimum Gasteiger partial charge on any atom is -0.475 e. The summed E-state index contributed by atoms with van der Waals surface area (Å²) >= 11 is 1.13. The highest BCUT2D eigenvalue weighted by atomic mass is 32.2. The van der Waals surface area contributed by atoms with Crippen molar-refractivity contribution in [1.29, 1.82) is 0 Å². The molecule has 96 valence electrons. The Morgan fingerprint density at radius 3 is 2.72 bits per heavy atom. The number of aryl methyl sites for hydroxylation is 1. The number of thiophene rings is 1. The first-order valence-corrected chi connectivity index (χ1v) is 7.52. The van der Waals surface area contributed by atoms with E-state index >= 15 is 0 Å². The van der Waals surface area contributed by atoms with Gasteiger partial charge in [-0.3, -0.25) is 0 Å². The quantitative estimate of drug-likeness (QED) is 0.932. The smallest absolute Gasteiger partial charge is 0.371 e. The first kappa shape index (κ1) is 12.8. The van der Waals surface area contributed by atoms with Crippen molar-refractivity contribution in [3.63, 3.8) is 0 Å². The summed E-state index contributed by atoms with van der Waals surface area (Å²) in [6.45, 7) is 1.55. The molecular weight excluding hydrogens is 276 g/mol. The van der Waals surface area contributed by atoms with Crippen LogP contribution in [0.25, 0.3) is 0 Å². The molecule has 5 nitrogen and oxygen atoms in total. The second kappa shape index (κ2) is 4.58. The molecule has 1 N–H and O–H groups in total. The molecule has 0 atom stereocenters. The largest absolute Gasteiger partial charge is 0.475 e. The van der Waals surface area contributed by atoms with Gasteiger partial charge in [-0.1, -0.05) is 6.07 Å². The third-order valence-corrected chi connectivity index (χ3v) is 5.53. The summed E-state index contributed by atoms with van der Waals surface area (Å²) < 4.78 is 29.3. The molecule has 0 saturated heterocycles. The Hall–Kier alpha value is -1.60. The Morgan fingerprint density at radius 2 is 2.22 bits per heavy atom. The summed E-state index contributed by atoms with van der Waals surface area (Å²) in [4.78, 5) is 10.7. The number of sulfone groups is 1. The lowest BCUT2D eigenvalue weighted by atomic mass is 10.3. The summed E-state index contributed by atoms with van der Waals surface area (Å²) in [5.41, 5.74) is 0.376. The monoisotopic (exact) mass is 286 g/mol. The molecule has 0 aliphatic rings. The molecule has 2 aromatic heterocycles. The standard InChI is InChI=1S/C11H10O5S2/c1-7-8(5-9(16-7)11(12)13)6-18(14,15)10-3-2-4-17-10/h2-5H,6H2,1H3,(H,12,13). The number of carboxylic acid groups (broad SMARTS) is 1. The SMILES string of the molecule is Cc1oc(C(=O)O)cc1CS(=O)(=O)c1cccs1. The molecule has 0 spiro atoms. The summed E-state index contributed by atoms with van der Waals surface area (Å²) in [5.74, 6) is -1.40. The van der Waals surface area contributed by atoms with Crippen molar-refractivity contribution in [2.24, 2.45) is 0 Å². The number of furan rings is 1. The average molecular weight is 286 g/mol. The van der Waals surface area contributed by atoms with E-state index in [1.807, 2.05) is 0 Å². The van der Waals surface area contributed by atoms with Gasteiger partial charge in [0, 0.05) is 5.56 Å². The summed E-state index contributed by atoms with van der Waals surface area (Å²) in [7, 11) is -3.44. The number of carbonyl (C=O) groups is 1. The van der Waals surface area contributed by atoms with Crippen molar-refractivity contribution in [1.82, 2.24) is 0 Å². The van der Waals surface area contributed by atoms with Crippen LogP contribution >= 0.6 is 11.3 Å². The molecule has 0 aliphatic heterocycles. The van der Waals surface area contributed by atoms with Gasteiger partial charge in [0.15, 0.2) is 9.84 Å². The third kappa shape index (κ3) is 2.46. The van der Waals surface area contributed by atoms with Gasteiger partial charge in [-0.2, -0.15) is 0 Å². The second-order valence-corrected chi connectivity index (χ2v) is 6.85. The predicted molar refractivity (Wildman–Crippen MR) is 65.6 cm³/mol. The van der Waals surface area contributed by atoms with E-state index in [-0.39, 0.29) is 15.7 Å². The molecule has 0 amide bonds. The molecule has 0 aliphatic carbocycles. The molecule has 0 bridgehead atoms. The van der Waals surface area contributed by atoms with Gasteiger partial charge < -0.3 is 9.52 Å². The van der Waals surface area contributed by atoms with E-state index in [0.29, 0.717) is 11.3 Å². The third-order valence-electron chi connectivity index (χ3n) is 2.38. The molecule has 0 radical (unpaired) electrons. The molecule has 0 saturated carbocycles. The number of rotatable bonds is 4. The van der Waals surface area contributed by atoms with E-state index in [2.05, 4.69) is 0 Å². The van der Waals surface area contributed by atoms with Crippen molar-refractivity contribution >= 4 is 27.1 Å². The zero-order valence-corrected chi connectivity index (χ0v) is 11.0. The lowest BCUT2D eigenvalue weighted by Gasteiger charge is -1.99. The Kier molecular flexibility index (Phi) is 3.27. The van der Waals surface area contributed by atoms with Gasteiger partial charge in [0.1, 0.15) is 9.97 Å². The van der Waals surface area contributed by atoms with Crippen molar-refractivity contribution in [3.8, 4) is 0 Å². The van der Waals surface area contributed by atoms with E-state index in [4.69, 9.17) is 9.52 Å². The van der Waals surface area contributed by atoms with Crippen molar-refractivity contribution in [3.05, 3.63) is 40.7 Å². The fourth-order valence-electron chi connectivity index (χ4n) is 1.48. The van der Waals surface area contributed by atoms with Crippen LogP contribution in [0.3, 0.4) is 0 Å². The molecule has 2 rings (SSSR count). The molecule has 0 fully saturated rings. The maximum absolute atomic E-state index is 12.0. The van der Waals surface area contributed by atoms with Gasteiger partial charge in [0.25, 0.3) is 0 Å². The predicted octanol–water partition coefficient (Wildman–Crippen LogP) is 2.32. The zero-order valence-electron chi connectivity index (χ0n) is 9.41. The highest BCUT2D eigenvalue weighted by Gasteiger charge is 2.21. The summed E-state index contributed by atoms with van der Waals surface area (Å²) in [5, 5.41) is 10.4. The van der Waals surface area contributed by atoms with E-state index in [1.54, 1.807) is 18.4 Å². The van der Waals surface area contributed by atoms with Crippen LogP contribution in [0.2, 0.25) is 0 Å². The fourth-order valence-corrected chi connectivity index (χ4v) is 3.99. The zero-order chi connectivity index (χ0) is 13.3. The van der Waals surface area contributed by atoms with Crippen molar-refractivity contribution in [2.45, 2.75) is 16.9 Å². The molecule has 0 aromatic carbocycles. The van der Waals surface area contributed by atoms with E-state index in [9.17, 15) is 13.2 Å². The van der Waals surface area contributed by atoms with Crippen LogP contribution in [-0.2, 0) is 15.6 Å². The Bertz CT molecular complexity index is 664. The van der Waals surface area contributed by atoms with Crippen LogP contribution in [0, 0.1) is 6.92 Å². The molecular formula is C11H10O5S2. The normalized spacial score (nSPS) is 11.6. The van der Waals surface area contributed by atoms with Crippen molar-refractivity contribution < 1.29 is 22.7 Å². The summed E-state index contributed by atoms with van der Waals surface area (Å²) in [6.07, 6.45) is 0. The van der Waals surface area contributed by atoms with E-state index in [1.165, 1.54) is 12.1 Å². The van der Waals surface area contributed by atoms with Gasteiger partial charge >= 0.3 is 5.97 Å². The lowest BCUT2D eigenvalue weighted by molar-refractivity contribution is 0.0661. The van der Waals surface area contributed by atoms with E-state index in [0.717, 1.165) is 11.3 Å². The van der Waals surface area contributed by atoms with Crippen LogP contribution in [0.15, 0.2) is 32.2 Å². The Balaban J connectivity index is 2.33. The van der Waals surface area contributed by atoms with Crippen molar-refractivity contribution in [2.75, 3.05) is 0 Å². The topological polar surface area (TPSA) is 84.6 Å². The molecule has 18 heavy (non-hydrogen) atoms. The first-order chi connectivity index (χ1) is 8.40. The number of carboxylic acids is 1. The highest BCUT2D eigenvalue weighted by molar-refractivity contribution is 7.92. The Morgan fingerprint density at radius 1 is 1.50 bits per heavy atom. The van der Waals surface area contributed by atoms with Crippen LogP contribution in [0.5, 0.6) is 0 Å². The second-order valence-electron chi connectivity index (χ2n) is 3.69. The highest BCUT2D eigenvalue weighted by Crippen LogP contribution is 2.24. The number of hydrogen-bond donors (Lipinski definition) is 1. The van der Waals surface area contributed by atoms with Crippen LogP contribution in [-0.4, -0.2) is 19.5 Å². The van der Waals surface area contributed by atoms with Gasteiger partial charge in [-0.05, 0) is 24.4 Å². The number of hydrogen-bond acceptors (Lipinski definition) is 5. The minimum atomic E-state index is -3.44. The van der Waals surface area contributed by atoms with Gasteiger partial charge in [0.2, 0.25) is 5.76 Å². The summed E-state index contributed by atoms with van der Waals surface area (Å²) in [6, 6.07) is 4.43. The first-order valence-electron chi connectivity index (χ1n) is 4.99. The number of aromatic carboxylic acids is 1. The molecule has 7 heteroatoms. The maximum Gasteiger partial charge on any atom is 0.371 e. The van der Waals surface area contributed by atoms with Gasteiger partial charge in [-0.25, -0.2) is 13.2 Å². The lowest BCUT2D eigenvalue weighted by Crippen LogP contribution is -2.03. The van der Waals surface area contributed by atoms with Gasteiger partial charge in [0.05, 0.1) is 5.75 Å². The Labute approximate surface area is 108 Å². The fraction of sp³-hybridized carbons (Fsp3) is 0.182. The van der Waals surface area contributed by atoms with Crippen LogP contribution < -0.4 is 0 Å². The van der Waals surface area contributed by atoms with Crippen LogP contribution in [0.1, 0.15) is 21.9 Å². The van der Waals surface area contributed by atoms with Crippen LogP contribution in [0.4, 0.5) is 0 Å². The molecule has 2 heterocycles. The van der Waals surface area contributed by atoms with Gasteiger partial charge in [-0.15, -0.1) is 11.3 Å². The van der Waals surface area contributed by atoms with E-state index < -0.39 is 15.8 Å². The maximum atomic E-state index is 12.0. The molecule has 2 aromatic rings. The molecule has 0 unspecified atom stereocenters. The average Bonchev–Trinajstić information content (AvgIpc) is 2.88. The minimum absolute atomic E-state index is 0.246.